The zero-order valence-corrected chi connectivity index (χ0v) is 9.62. The molecule has 1 amide bonds. The highest BCUT2D eigenvalue weighted by Gasteiger charge is 2.31. The molecular weight excluding hydrogens is 249 g/mol. The summed E-state index contributed by atoms with van der Waals surface area (Å²) in [6.45, 7) is 2.00. The number of carbonyl (C=O) groups excluding carboxylic acids is 1. The van der Waals surface area contributed by atoms with Gasteiger partial charge in [-0.25, -0.2) is 0 Å². The van der Waals surface area contributed by atoms with Gasteiger partial charge in [0.15, 0.2) is 0 Å². The van der Waals surface area contributed by atoms with Gasteiger partial charge in [0.25, 0.3) is 5.91 Å². The van der Waals surface area contributed by atoms with Gasteiger partial charge in [-0.1, -0.05) is 0 Å². The number of carbonyl (C=O) groups is 1. The molecule has 0 heterocycles. The van der Waals surface area contributed by atoms with E-state index in [4.69, 9.17) is 5.73 Å². The molecule has 1 rings (SSSR count). The first-order chi connectivity index (χ1) is 8.31. The van der Waals surface area contributed by atoms with E-state index in [1.54, 1.807) is 6.92 Å². The number of ether oxygens (including phenoxy) is 1. The molecule has 7 heteroatoms. The van der Waals surface area contributed by atoms with E-state index < -0.39 is 12.3 Å². The average molecular weight is 262 g/mol. The topological polar surface area (TPSA) is 64.3 Å². The van der Waals surface area contributed by atoms with E-state index in [2.05, 4.69) is 10.1 Å². The Hall–Kier alpha value is -1.76. The first-order valence-electron chi connectivity index (χ1n) is 5.18. The summed E-state index contributed by atoms with van der Waals surface area (Å²) in [4.78, 5) is 11.6. The highest BCUT2D eigenvalue weighted by atomic mass is 19.4. The van der Waals surface area contributed by atoms with Crippen molar-refractivity contribution >= 4 is 5.91 Å². The van der Waals surface area contributed by atoms with Crippen LogP contribution >= 0.6 is 0 Å². The first kappa shape index (κ1) is 14.3. The second-order valence-corrected chi connectivity index (χ2v) is 3.68. The molecule has 0 bridgehead atoms. The van der Waals surface area contributed by atoms with Crippen molar-refractivity contribution < 1.29 is 22.7 Å². The van der Waals surface area contributed by atoms with E-state index in [0.29, 0.717) is 0 Å². The third-order valence-corrected chi connectivity index (χ3v) is 2.08. The SMILES string of the molecule is C[C@H](CN)NC(=O)c1ccc(OC(F)(F)F)cc1. The molecule has 0 radical (unpaired) electrons. The number of halogens is 3. The van der Waals surface area contributed by atoms with Crippen LogP contribution < -0.4 is 15.8 Å². The van der Waals surface area contributed by atoms with Crippen LogP contribution in [0.3, 0.4) is 0 Å². The van der Waals surface area contributed by atoms with Crippen LogP contribution in [0.25, 0.3) is 0 Å². The van der Waals surface area contributed by atoms with Gasteiger partial charge in [-0.05, 0) is 31.2 Å². The second-order valence-electron chi connectivity index (χ2n) is 3.68. The van der Waals surface area contributed by atoms with Crippen molar-refractivity contribution in [2.45, 2.75) is 19.3 Å². The summed E-state index contributed by atoms with van der Waals surface area (Å²) in [7, 11) is 0. The second kappa shape index (κ2) is 5.72. The Kier molecular flexibility index (Phi) is 4.55. The molecule has 0 fully saturated rings. The average Bonchev–Trinajstić information content (AvgIpc) is 2.27. The Morgan fingerprint density at radius 3 is 2.39 bits per heavy atom. The van der Waals surface area contributed by atoms with Gasteiger partial charge in [0.1, 0.15) is 5.75 Å². The Labute approximate surface area is 102 Å². The molecule has 18 heavy (non-hydrogen) atoms. The minimum Gasteiger partial charge on any atom is -0.406 e. The molecule has 0 unspecified atom stereocenters. The van der Waals surface area contributed by atoms with Crippen molar-refractivity contribution in [3.05, 3.63) is 29.8 Å². The highest BCUT2D eigenvalue weighted by molar-refractivity contribution is 5.94. The van der Waals surface area contributed by atoms with Crippen molar-refractivity contribution in [1.29, 1.82) is 0 Å². The Morgan fingerprint density at radius 1 is 1.39 bits per heavy atom. The van der Waals surface area contributed by atoms with Gasteiger partial charge in [0.05, 0.1) is 0 Å². The van der Waals surface area contributed by atoms with E-state index in [0.717, 1.165) is 12.1 Å². The summed E-state index contributed by atoms with van der Waals surface area (Å²) in [6.07, 6.45) is -4.74. The fraction of sp³-hybridized carbons (Fsp3) is 0.364. The van der Waals surface area contributed by atoms with E-state index in [-0.39, 0.29) is 23.9 Å². The Morgan fingerprint density at radius 2 is 1.94 bits per heavy atom. The number of amides is 1. The summed E-state index contributed by atoms with van der Waals surface area (Å²) >= 11 is 0. The lowest BCUT2D eigenvalue weighted by Crippen LogP contribution is -2.37. The predicted octanol–water partition coefficient (Wildman–Crippen LogP) is 1.66. The van der Waals surface area contributed by atoms with Crippen LogP contribution in [0.2, 0.25) is 0 Å². The van der Waals surface area contributed by atoms with E-state index in [9.17, 15) is 18.0 Å². The fourth-order valence-corrected chi connectivity index (χ4v) is 1.17. The van der Waals surface area contributed by atoms with Gasteiger partial charge >= 0.3 is 6.36 Å². The largest absolute Gasteiger partial charge is 0.573 e. The lowest BCUT2D eigenvalue weighted by atomic mass is 10.2. The van der Waals surface area contributed by atoms with Crippen LogP contribution in [-0.2, 0) is 0 Å². The summed E-state index contributed by atoms with van der Waals surface area (Å²) in [5.41, 5.74) is 5.57. The van der Waals surface area contributed by atoms with E-state index >= 15 is 0 Å². The summed E-state index contributed by atoms with van der Waals surface area (Å²) in [5.74, 6) is -0.766. The lowest BCUT2D eigenvalue weighted by molar-refractivity contribution is -0.274. The van der Waals surface area contributed by atoms with Crippen molar-refractivity contribution in [3.8, 4) is 5.75 Å². The molecule has 3 N–H and O–H groups in total. The molecule has 1 aromatic carbocycles. The number of alkyl halides is 3. The third kappa shape index (κ3) is 4.62. The standard InChI is InChI=1S/C11H13F3N2O2/c1-7(6-15)16-10(17)8-2-4-9(5-3-8)18-11(12,13)14/h2-5,7H,6,15H2,1H3,(H,16,17)/t7-/m1/s1. The molecule has 0 spiro atoms. The maximum Gasteiger partial charge on any atom is 0.573 e. The molecule has 1 aromatic rings. The van der Waals surface area contributed by atoms with E-state index in [1.807, 2.05) is 0 Å². The molecule has 0 saturated carbocycles. The van der Waals surface area contributed by atoms with Crippen molar-refractivity contribution in [3.63, 3.8) is 0 Å². The quantitative estimate of drug-likeness (QED) is 0.867. The van der Waals surface area contributed by atoms with Crippen LogP contribution in [0.4, 0.5) is 13.2 Å². The third-order valence-electron chi connectivity index (χ3n) is 2.08. The number of hydrogen-bond acceptors (Lipinski definition) is 3. The summed E-state index contributed by atoms with van der Waals surface area (Å²) < 4.78 is 39.4. The van der Waals surface area contributed by atoms with Crippen LogP contribution in [0.15, 0.2) is 24.3 Å². The number of rotatable bonds is 4. The van der Waals surface area contributed by atoms with E-state index in [1.165, 1.54) is 12.1 Å². The Balaban J connectivity index is 2.68. The molecular formula is C11H13F3N2O2. The number of hydrogen-bond donors (Lipinski definition) is 2. The van der Waals surface area contributed by atoms with Crippen molar-refractivity contribution in [2.75, 3.05) is 6.54 Å². The van der Waals surface area contributed by atoms with Crippen molar-refractivity contribution in [2.24, 2.45) is 5.73 Å². The lowest BCUT2D eigenvalue weighted by Gasteiger charge is -2.12. The molecule has 4 nitrogen and oxygen atoms in total. The number of nitrogens with two attached hydrogens (primary N) is 1. The van der Waals surface area contributed by atoms with Gasteiger partial charge in [0.2, 0.25) is 0 Å². The van der Waals surface area contributed by atoms with Crippen LogP contribution in [0, 0.1) is 0 Å². The molecule has 0 aromatic heterocycles. The highest BCUT2D eigenvalue weighted by Crippen LogP contribution is 2.22. The zero-order chi connectivity index (χ0) is 13.8. The number of benzene rings is 1. The molecule has 100 valence electrons. The smallest absolute Gasteiger partial charge is 0.406 e. The normalized spacial score (nSPS) is 12.9. The molecule has 0 aliphatic heterocycles. The Bertz CT molecular complexity index is 404. The summed E-state index contributed by atoms with van der Waals surface area (Å²) in [5, 5.41) is 2.59. The van der Waals surface area contributed by atoms with Gasteiger partial charge in [-0.3, -0.25) is 4.79 Å². The predicted molar refractivity (Wildman–Crippen MR) is 59.1 cm³/mol. The molecule has 0 saturated heterocycles. The van der Waals surface area contributed by atoms with Crippen LogP contribution in [-0.4, -0.2) is 24.9 Å². The minimum atomic E-state index is -4.74. The minimum absolute atomic E-state index is 0.205. The molecule has 0 aliphatic rings. The monoisotopic (exact) mass is 262 g/mol. The summed E-state index contributed by atoms with van der Waals surface area (Å²) in [6, 6.07) is 4.45. The first-order valence-corrected chi connectivity index (χ1v) is 5.18. The van der Waals surface area contributed by atoms with Gasteiger partial charge in [-0.2, -0.15) is 0 Å². The van der Waals surface area contributed by atoms with Crippen LogP contribution in [0.5, 0.6) is 5.75 Å². The molecule has 0 aliphatic carbocycles. The van der Waals surface area contributed by atoms with Crippen molar-refractivity contribution in [1.82, 2.24) is 5.32 Å². The fourth-order valence-electron chi connectivity index (χ4n) is 1.17. The molecule has 1 atom stereocenters. The number of nitrogens with one attached hydrogen (secondary N) is 1. The maximum atomic E-state index is 11.9. The van der Waals surface area contributed by atoms with Gasteiger partial charge in [-0.15, -0.1) is 13.2 Å². The maximum absolute atomic E-state index is 11.9. The van der Waals surface area contributed by atoms with Crippen LogP contribution in [0.1, 0.15) is 17.3 Å². The van der Waals surface area contributed by atoms with Gasteiger partial charge < -0.3 is 15.8 Å². The van der Waals surface area contributed by atoms with Gasteiger partial charge in [0, 0.05) is 18.2 Å². The zero-order valence-electron chi connectivity index (χ0n) is 9.62.